The van der Waals surface area contributed by atoms with Crippen LogP contribution in [0.1, 0.15) is 78.1 Å². The van der Waals surface area contributed by atoms with Crippen LogP contribution in [0.2, 0.25) is 0 Å². The van der Waals surface area contributed by atoms with E-state index in [1.54, 1.807) is 11.1 Å². The fraction of sp³-hybridized carbons (Fsp3) is 0.842. The van der Waals surface area contributed by atoms with Crippen molar-refractivity contribution in [2.24, 2.45) is 22.7 Å². The first-order chi connectivity index (χ1) is 9.56. The number of carbonyl (C=O) groups is 1. The van der Waals surface area contributed by atoms with Gasteiger partial charge in [0.25, 0.3) is 0 Å². The summed E-state index contributed by atoms with van der Waals surface area (Å²) in [5, 5.41) is 0. The Kier molecular flexibility index (Phi) is 2.76. The number of fused-ring (bicyclic) bond motifs is 4. The van der Waals surface area contributed by atoms with Crippen molar-refractivity contribution in [3.8, 4) is 0 Å². The Morgan fingerprint density at radius 1 is 0.950 bits per heavy atom. The lowest BCUT2D eigenvalue weighted by atomic mass is 9.51. The second-order valence-electron chi connectivity index (χ2n) is 8.36. The van der Waals surface area contributed by atoms with Crippen LogP contribution in [0.5, 0.6) is 0 Å². The summed E-state index contributed by atoms with van der Waals surface area (Å²) >= 11 is 0. The first-order valence-electron chi connectivity index (χ1n) is 8.81. The molecule has 20 heavy (non-hydrogen) atoms. The van der Waals surface area contributed by atoms with Gasteiger partial charge in [0.2, 0.25) is 0 Å². The van der Waals surface area contributed by atoms with E-state index in [4.69, 9.17) is 0 Å². The van der Waals surface area contributed by atoms with Crippen molar-refractivity contribution in [3.05, 3.63) is 11.1 Å². The number of Topliss-reactive ketones (excluding diaryl/α,β-unsaturated/α-hetero) is 1. The zero-order valence-corrected chi connectivity index (χ0v) is 13.1. The van der Waals surface area contributed by atoms with Gasteiger partial charge < -0.3 is 0 Å². The van der Waals surface area contributed by atoms with Gasteiger partial charge >= 0.3 is 0 Å². The first-order valence-corrected chi connectivity index (χ1v) is 8.81. The highest BCUT2D eigenvalue weighted by molar-refractivity contribution is 5.89. The van der Waals surface area contributed by atoms with Crippen LogP contribution >= 0.6 is 0 Å². The van der Waals surface area contributed by atoms with E-state index in [0.717, 1.165) is 18.8 Å². The van der Waals surface area contributed by atoms with E-state index in [1.807, 2.05) is 0 Å². The van der Waals surface area contributed by atoms with E-state index >= 15 is 0 Å². The van der Waals surface area contributed by atoms with E-state index < -0.39 is 0 Å². The van der Waals surface area contributed by atoms with Crippen molar-refractivity contribution in [3.63, 3.8) is 0 Å². The molecular weight excluding hydrogens is 244 g/mol. The third-order valence-electron chi connectivity index (χ3n) is 7.58. The Balaban J connectivity index is 1.81. The molecule has 0 bridgehead atoms. The fourth-order valence-corrected chi connectivity index (χ4v) is 6.29. The molecule has 0 aliphatic heterocycles. The zero-order valence-electron chi connectivity index (χ0n) is 13.1. The van der Waals surface area contributed by atoms with Crippen molar-refractivity contribution >= 4 is 5.78 Å². The molecule has 1 unspecified atom stereocenters. The van der Waals surface area contributed by atoms with E-state index in [2.05, 4.69) is 13.8 Å². The lowest BCUT2D eigenvalue weighted by Gasteiger charge is -2.52. The van der Waals surface area contributed by atoms with Crippen molar-refractivity contribution in [1.29, 1.82) is 0 Å². The van der Waals surface area contributed by atoms with Crippen LogP contribution in [-0.4, -0.2) is 5.78 Å². The van der Waals surface area contributed by atoms with E-state index in [0.29, 0.717) is 17.1 Å². The largest absolute Gasteiger partial charge is 0.299 e. The smallest absolute Gasteiger partial charge is 0.143 e. The number of hydrogen-bond acceptors (Lipinski definition) is 1. The van der Waals surface area contributed by atoms with Crippen LogP contribution in [-0.2, 0) is 4.79 Å². The predicted molar refractivity (Wildman–Crippen MR) is 81.4 cm³/mol. The van der Waals surface area contributed by atoms with Gasteiger partial charge in [-0.25, -0.2) is 0 Å². The van der Waals surface area contributed by atoms with Gasteiger partial charge in [0.05, 0.1) is 5.41 Å². The average molecular weight is 272 g/mol. The van der Waals surface area contributed by atoms with Crippen LogP contribution in [0.25, 0.3) is 0 Å². The van der Waals surface area contributed by atoms with Crippen LogP contribution < -0.4 is 0 Å². The quantitative estimate of drug-likeness (QED) is 0.564. The minimum atomic E-state index is -0.0598. The van der Waals surface area contributed by atoms with Crippen molar-refractivity contribution in [1.82, 2.24) is 0 Å². The Hall–Kier alpha value is -0.590. The number of ketones is 1. The van der Waals surface area contributed by atoms with Gasteiger partial charge in [-0.2, -0.15) is 0 Å². The molecule has 0 N–H and O–H groups in total. The van der Waals surface area contributed by atoms with E-state index in [9.17, 15) is 4.79 Å². The zero-order chi connectivity index (χ0) is 14.0. The average Bonchev–Trinajstić information content (AvgIpc) is 2.82. The normalized spacial score (nSPS) is 47.8. The van der Waals surface area contributed by atoms with Gasteiger partial charge in [0.15, 0.2) is 0 Å². The van der Waals surface area contributed by atoms with Crippen molar-refractivity contribution in [2.75, 3.05) is 0 Å². The highest BCUT2D eigenvalue weighted by atomic mass is 16.1. The van der Waals surface area contributed by atoms with E-state index in [1.165, 1.54) is 51.4 Å². The summed E-state index contributed by atoms with van der Waals surface area (Å²) in [5.41, 5.74) is 3.89. The molecule has 1 heteroatoms. The summed E-state index contributed by atoms with van der Waals surface area (Å²) in [6, 6.07) is 0. The fourth-order valence-electron chi connectivity index (χ4n) is 6.29. The lowest BCUT2D eigenvalue weighted by molar-refractivity contribution is -0.132. The minimum absolute atomic E-state index is 0.0598. The Morgan fingerprint density at radius 3 is 2.65 bits per heavy atom. The molecule has 0 aromatic rings. The highest BCUT2D eigenvalue weighted by Gasteiger charge is 2.54. The molecule has 2 saturated carbocycles. The van der Waals surface area contributed by atoms with Gasteiger partial charge in [-0.1, -0.05) is 24.5 Å². The van der Waals surface area contributed by atoms with Crippen LogP contribution in [0, 0.1) is 22.7 Å². The van der Waals surface area contributed by atoms with E-state index in [-0.39, 0.29) is 5.41 Å². The second-order valence-corrected chi connectivity index (χ2v) is 8.36. The number of rotatable bonds is 0. The topological polar surface area (TPSA) is 17.1 Å². The molecule has 0 amide bonds. The maximum Gasteiger partial charge on any atom is 0.143 e. The van der Waals surface area contributed by atoms with Crippen LogP contribution in [0.15, 0.2) is 11.1 Å². The summed E-state index contributed by atoms with van der Waals surface area (Å²) in [6.07, 6.45) is 12.7. The molecule has 4 aliphatic carbocycles. The summed E-state index contributed by atoms with van der Waals surface area (Å²) in [4.78, 5) is 12.7. The Bertz CT molecular complexity index is 488. The molecular formula is C19H28O. The van der Waals surface area contributed by atoms with Gasteiger partial charge in [0.1, 0.15) is 5.78 Å². The first kappa shape index (κ1) is 13.1. The second kappa shape index (κ2) is 4.21. The SMILES string of the molecule is C[C@]12C(=O)CCCC1CCC1=C2CC[C@]2(C)CCC[C@@H]12. The molecule has 0 heterocycles. The maximum absolute atomic E-state index is 12.7. The Labute approximate surface area is 123 Å². The molecule has 0 aromatic carbocycles. The van der Waals surface area contributed by atoms with Crippen molar-refractivity contribution in [2.45, 2.75) is 78.1 Å². The molecule has 0 aromatic heterocycles. The standard InChI is InChI=1S/C19H28O/c1-18-11-4-6-15(18)14-9-8-13-5-3-7-17(20)19(13,2)16(14)10-12-18/h13,15H,3-12H2,1-2H3/t13?,15-,18-,19-/m0/s1. The predicted octanol–water partition coefficient (Wildman–Crippen LogP) is 5.05. The van der Waals surface area contributed by atoms with Gasteiger partial charge in [-0.05, 0) is 75.5 Å². The molecule has 4 rings (SSSR count). The maximum atomic E-state index is 12.7. The van der Waals surface area contributed by atoms with Gasteiger partial charge in [0, 0.05) is 6.42 Å². The molecule has 4 aliphatic rings. The third-order valence-corrected chi connectivity index (χ3v) is 7.58. The highest BCUT2D eigenvalue weighted by Crippen LogP contribution is 2.62. The van der Waals surface area contributed by atoms with Crippen LogP contribution in [0.4, 0.5) is 0 Å². The van der Waals surface area contributed by atoms with Gasteiger partial charge in [-0.3, -0.25) is 4.79 Å². The molecule has 4 atom stereocenters. The molecule has 110 valence electrons. The van der Waals surface area contributed by atoms with Gasteiger partial charge in [-0.15, -0.1) is 0 Å². The lowest BCUT2D eigenvalue weighted by Crippen LogP contribution is -2.46. The number of carbonyl (C=O) groups excluding carboxylic acids is 1. The third kappa shape index (κ3) is 1.53. The summed E-state index contributed by atoms with van der Waals surface area (Å²) in [6.45, 7) is 4.83. The molecule has 2 fully saturated rings. The Morgan fingerprint density at radius 2 is 1.80 bits per heavy atom. The molecule has 1 nitrogen and oxygen atoms in total. The number of allylic oxidation sites excluding steroid dienone is 2. The molecule has 0 saturated heterocycles. The minimum Gasteiger partial charge on any atom is -0.299 e. The van der Waals surface area contributed by atoms with Crippen LogP contribution in [0.3, 0.4) is 0 Å². The summed E-state index contributed by atoms with van der Waals surface area (Å²) in [7, 11) is 0. The monoisotopic (exact) mass is 272 g/mol. The number of hydrogen-bond donors (Lipinski definition) is 0. The molecule has 0 spiro atoms. The molecule has 0 radical (unpaired) electrons. The van der Waals surface area contributed by atoms with Crippen molar-refractivity contribution < 1.29 is 4.79 Å². The summed E-state index contributed by atoms with van der Waals surface area (Å²) < 4.78 is 0. The summed E-state index contributed by atoms with van der Waals surface area (Å²) in [5.74, 6) is 2.05.